The van der Waals surface area contributed by atoms with E-state index < -0.39 is 14.9 Å². The molecule has 4 nitrogen and oxygen atoms in total. The van der Waals surface area contributed by atoms with Gasteiger partial charge < -0.3 is 19.8 Å². The summed E-state index contributed by atoms with van der Waals surface area (Å²) in [5.41, 5.74) is 0. The normalized spacial score (nSPS) is 13.7. The first kappa shape index (κ1) is 16.1. The third kappa shape index (κ3) is 10.6. The number of aliphatic hydroxyl groups is 2. The van der Waals surface area contributed by atoms with Gasteiger partial charge in [0.25, 0.3) is 0 Å². The van der Waals surface area contributed by atoms with Crippen molar-refractivity contribution < 1.29 is 14.9 Å². The predicted octanol–water partition coefficient (Wildman–Crippen LogP) is 0.165. The molecule has 0 aliphatic heterocycles. The highest BCUT2D eigenvalue weighted by Gasteiger charge is 2.07. The molecule has 0 amide bonds. The summed E-state index contributed by atoms with van der Waals surface area (Å²) >= 11 is 0. The first-order valence-corrected chi connectivity index (χ1v) is 9.24. The summed E-state index contributed by atoms with van der Waals surface area (Å²) in [5.74, 6) is 0. The van der Waals surface area contributed by atoms with Gasteiger partial charge in [0.2, 0.25) is 0 Å². The van der Waals surface area contributed by atoms with E-state index in [0.717, 1.165) is 13.0 Å². The maximum Gasteiger partial charge on any atom is 0.0900 e. The maximum atomic E-state index is 9.62. The van der Waals surface area contributed by atoms with Crippen LogP contribution in [0.1, 0.15) is 6.42 Å². The zero-order valence-corrected chi connectivity index (χ0v) is 12.0. The van der Waals surface area contributed by atoms with Crippen LogP contribution < -0.4 is 0 Å². The van der Waals surface area contributed by atoms with E-state index >= 15 is 0 Å². The molecule has 0 aliphatic rings. The molecule has 2 N–H and O–H groups in total. The Bertz CT molecular complexity index is 158. The Labute approximate surface area is 101 Å². The molecule has 0 fully saturated rings. The summed E-state index contributed by atoms with van der Waals surface area (Å²) in [7, 11) is 1.43. The highest BCUT2D eigenvalue weighted by molar-refractivity contribution is 6.55. The Hall–Kier alpha value is 0.0569. The van der Waals surface area contributed by atoms with E-state index in [-0.39, 0.29) is 6.61 Å². The average Bonchev–Trinajstić information content (AvgIpc) is 2.16. The van der Waals surface area contributed by atoms with Gasteiger partial charge in [0, 0.05) is 28.5 Å². The molecule has 0 aromatic carbocycles. The first-order valence-electron chi connectivity index (χ1n) is 6.11. The number of likely N-dealkylation sites (N-methyl/N-ethyl adjacent to an activating group) is 1. The molecular formula is C11H27NO3Si. The van der Waals surface area contributed by atoms with E-state index in [1.165, 1.54) is 6.04 Å². The van der Waals surface area contributed by atoms with Crippen molar-refractivity contribution in [3.05, 3.63) is 0 Å². The summed E-state index contributed by atoms with van der Waals surface area (Å²) < 4.78 is 5.41. The molecular weight excluding hydrogens is 222 g/mol. The second-order valence-electron chi connectivity index (χ2n) is 4.75. The van der Waals surface area contributed by atoms with Gasteiger partial charge in [0.15, 0.2) is 0 Å². The predicted molar refractivity (Wildman–Crippen MR) is 69.7 cm³/mol. The molecule has 5 heteroatoms. The third-order valence-electron chi connectivity index (χ3n) is 2.38. The van der Waals surface area contributed by atoms with E-state index in [1.807, 2.05) is 11.9 Å². The molecule has 0 aromatic heterocycles. The molecule has 0 heterocycles. The average molecular weight is 249 g/mol. The lowest BCUT2D eigenvalue weighted by molar-refractivity contribution is 0.0190. The van der Waals surface area contributed by atoms with Gasteiger partial charge in [0.1, 0.15) is 0 Å². The van der Waals surface area contributed by atoms with Crippen molar-refractivity contribution in [1.29, 1.82) is 0 Å². The van der Waals surface area contributed by atoms with Crippen LogP contribution in [-0.2, 0) is 4.74 Å². The van der Waals surface area contributed by atoms with Crippen molar-refractivity contribution in [2.45, 2.75) is 31.7 Å². The zero-order valence-electron chi connectivity index (χ0n) is 10.9. The second-order valence-corrected chi connectivity index (χ2v) is 8.12. The van der Waals surface area contributed by atoms with Crippen LogP contribution in [0, 0.1) is 0 Å². The minimum absolute atomic E-state index is 0.128. The molecule has 0 spiro atoms. The molecule has 0 rings (SSSR count). The Kier molecular flexibility index (Phi) is 10.3. The van der Waals surface area contributed by atoms with E-state index in [1.54, 1.807) is 0 Å². The summed E-state index contributed by atoms with van der Waals surface area (Å²) in [6.45, 7) is 7.09. The smallest absolute Gasteiger partial charge is 0.0900 e. The molecule has 0 radical (unpaired) electrons. The molecule has 1 atom stereocenters. The summed E-state index contributed by atoms with van der Waals surface area (Å²) in [6, 6.07) is 1.31. The number of nitrogens with zero attached hydrogens (tertiary/aromatic N) is 1. The zero-order chi connectivity index (χ0) is 12.4. The number of hydrogen-bond donors (Lipinski definition) is 2. The topological polar surface area (TPSA) is 52.9 Å². The quantitative estimate of drug-likeness (QED) is 0.428. The standard InChI is InChI=1S/C11H27NO3Si/c1-12(5-6-13)9-11(14)10-15-7-4-8-16(2)3/h11,13-14,16H,4-10H2,1-3H3. The number of aliphatic hydroxyl groups excluding tert-OH is 2. The Morgan fingerprint density at radius 1 is 1.38 bits per heavy atom. The lowest BCUT2D eigenvalue weighted by Gasteiger charge is -2.19. The van der Waals surface area contributed by atoms with Crippen molar-refractivity contribution in [2.75, 3.05) is 40.0 Å². The largest absolute Gasteiger partial charge is 0.395 e. The van der Waals surface area contributed by atoms with Crippen LogP contribution in [0.2, 0.25) is 19.1 Å². The fraction of sp³-hybridized carbons (Fsp3) is 1.00. The molecule has 98 valence electrons. The molecule has 0 saturated carbocycles. The summed E-state index contributed by atoms with van der Waals surface area (Å²) in [5, 5.41) is 18.3. The first-order chi connectivity index (χ1) is 7.56. The molecule has 0 aromatic rings. The Balaban J connectivity index is 3.33. The summed E-state index contributed by atoms with van der Waals surface area (Å²) in [6.07, 6.45) is 0.663. The lowest BCUT2D eigenvalue weighted by Crippen LogP contribution is -2.34. The van der Waals surface area contributed by atoms with Gasteiger partial charge in [-0.15, -0.1) is 0 Å². The third-order valence-corrected chi connectivity index (χ3v) is 3.95. The van der Waals surface area contributed by atoms with Gasteiger partial charge in [0.05, 0.1) is 19.3 Å². The van der Waals surface area contributed by atoms with E-state index in [4.69, 9.17) is 9.84 Å². The Morgan fingerprint density at radius 2 is 2.06 bits per heavy atom. The van der Waals surface area contributed by atoms with Crippen LogP contribution >= 0.6 is 0 Å². The SMILES string of the molecule is CN(CCO)CC(O)COCCC[SiH](C)C. The number of hydrogen-bond acceptors (Lipinski definition) is 4. The number of rotatable bonds is 10. The van der Waals surface area contributed by atoms with Crippen molar-refractivity contribution in [1.82, 2.24) is 4.90 Å². The molecule has 0 aliphatic carbocycles. The number of ether oxygens (including phenoxy) is 1. The highest BCUT2D eigenvalue weighted by Crippen LogP contribution is 1.98. The van der Waals surface area contributed by atoms with E-state index in [9.17, 15) is 5.11 Å². The van der Waals surface area contributed by atoms with Crippen LogP contribution in [0.5, 0.6) is 0 Å². The fourth-order valence-electron chi connectivity index (χ4n) is 1.49. The van der Waals surface area contributed by atoms with Crippen molar-refractivity contribution in [2.24, 2.45) is 0 Å². The van der Waals surface area contributed by atoms with Crippen LogP contribution in [0.3, 0.4) is 0 Å². The Morgan fingerprint density at radius 3 is 2.62 bits per heavy atom. The van der Waals surface area contributed by atoms with Gasteiger partial charge >= 0.3 is 0 Å². The van der Waals surface area contributed by atoms with Gasteiger partial charge in [-0.05, 0) is 13.5 Å². The molecule has 1 unspecified atom stereocenters. The molecule has 16 heavy (non-hydrogen) atoms. The fourth-order valence-corrected chi connectivity index (χ4v) is 2.47. The van der Waals surface area contributed by atoms with Gasteiger partial charge in [-0.3, -0.25) is 0 Å². The highest BCUT2D eigenvalue weighted by atomic mass is 28.3. The molecule has 0 saturated heterocycles. The van der Waals surface area contributed by atoms with E-state index in [0.29, 0.717) is 19.7 Å². The van der Waals surface area contributed by atoms with Crippen molar-refractivity contribution in [3.8, 4) is 0 Å². The minimum atomic E-state index is -0.451. The minimum Gasteiger partial charge on any atom is -0.395 e. The van der Waals surface area contributed by atoms with Gasteiger partial charge in [-0.25, -0.2) is 0 Å². The van der Waals surface area contributed by atoms with Gasteiger partial charge in [-0.2, -0.15) is 0 Å². The lowest BCUT2D eigenvalue weighted by atomic mass is 10.3. The van der Waals surface area contributed by atoms with Crippen LogP contribution in [0.4, 0.5) is 0 Å². The molecule has 0 bridgehead atoms. The second kappa shape index (κ2) is 10.2. The van der Waals surface area contributed by atoms with Crippen molar-refractivity contribution in [3.63, 3.8) is 0 Å². The van der Waals surface area contributed by atoms with Crippen LogP contribution in [-0.4, -0.2) is 70.0 Å². The van der Waals surface area contributed by atoms with E-state index in [2.05, 4.69) is 13.1 Å². The maximum absolute atomic E-state index is 9.62. The van der Waals surface area contributed by atoms with Crippen LogP contribution in [0.15, 0.2) is 0 Å². The van der Waals surface area contributed by atoms with Crippen LogP contribution in [0.25, 0.3) is 0 Å². The van der Waals surface area contributed by atoms with Crippen molar-refractivity contribution >= 4 is 8.80 Å². The van der Waals surface area contributed by atoms with Gasteiger partial charge in [-0.1, -0.05) is 19.1 Å². The summed E-state index contributed by atoms with van der Waals surface area (Å²) in [4.78, 5) is 1.90. The monoisotopic (exact) mass is 249 g/mol.